The molecule has 12 nitrogen and oxygen atoms in total. The molecule has 0 aromatic heterocycles. The Kier molecular flexibility index (Phi) is 18.0. The molecule has 70 heavy (non-hydrogen) atoms. The van der Waals surface area contributed by atoms with Gasteiger partial charge in [0.15, 0.2) is 0 Å². The van der Waals surface area contributed by atoms with Crippen LogP contribution in [0, 0.1) is 5.92 Å². The number of benzene rings is 5. The predicted octanol–water partition coefficient (Wildman–Crippen LogP) is 9.37. The third-order valence-electron chi connectivity index (χ3n) is 13.0. The molecular weight excluding hydrogens is 983 g/mol. The molecule has 2 aliphatic rings. The third kappa shape index (κ3) is 13.2. The van der Waals surface area contributed by atoms with Gasteiger partial charge in [0.25, 0.3) is 25.8 Å². The van der Waals surface area contributed by atoms with E-state index in [2.05, 4.69) is 33.9 Å². The number of sulfone groups is 1. The van der Waals surface area contributed by atoms with E-state index in [1.54, 1.807) is 12.1 Å². The number of likely N-dealkylation sites (N-methyl/N-ethyl adjacent to an activating group) is 1. The predicted molar refractivity (Wildman–Crippen MR) is 271 cm³/mol. The summed E-state index contributed by atoms with van der Waals surface area (Å²) in [7, 11) is -11.0. The number of sulfonamides is 1. The average molecular weight is 1040 g/mol. The van der Waals surface area contributed by atoms with E-state index in [0.29, 0.717) is 75.5 Å². The van der Waals surface area contributed by atoms with Crippen molar-refractivity contribution in [3.8, 4) is 11.1 Å². The van der Waals surface area contributed by atoms with Gasteiger partial charge in [0.05, 0.1) is 29.9 Å². The van der Waals surface area contributed by atoms with Gasteiger partial charge in [0.1, 0.15) is 4.90 Å². The lowest BCUT2D eigenvalue weighted by molar-refractivity contribution is -0.0435. The highest BCUT2D eigenvalue weighted by Gasteiger charge is 2.48. The summed E-state index contributed by atoms with van der Waals surface area (Å²) < 4.78 is 105. The van der Waals surface area contributed by atoms with Crippen LogP contribution in [0.3, 0.4) is 0 Å². The van der Waals surface area contributed by atoms with Gasteiger partial charge in [-0.3, -0.25) is 9.69 Å². The number of hydrogen-bond acceptors (Lipinski definition) is 12. The largest absolute Gasteiger partial charge is 0.501 e. The molecule has 2 fully saturated rings. The fourth-order valence-corrected chi connectivity index (χ4v) is 12.1. The van der Waals surface area contributed by atoms with Crippen molar-refractivity contribution in [1.82, 2.24) is 14.5 Å². The summed E-state index contributed by atoms with van der Waals surface area (Å²) in [6, 6.07) is 32.8. The zero-order valence-electron chi connectivity index (χ0n) is 39.0. The first-order valence-electron chi connectivity index (χ1n) is 23.4. The summed E-state index contributed by atoms with van der Waals surface area (Å²) in [5, 5.41) is 15.2. The molecule has 376 valence electrons. The molecule has 3 atom stereocenters. The van der Waals surface area contributed by atoms with Crippen LogP contribution >= 0.6 is 23.4 Å². The third-order valence-corrected chi connectivity index (χ3v) is 17.3. The van der Waals surface area contributed by atoms with Crippen LogP contribution in [0.15, 0.2) is 136 Å². The summed E-state index contributed by atoms with van der Waals surface area (Å²) in [5.74, 6) is -0.735. The molecule has 5 aromatic rings. The average Bonchev–Trinajstić information content (AvgIpc) is 3.36. The molecule has 0 saturated carbocycles. The number of amides is 1. The fraction of sp³-hybridized carbons (Fsp3) is 0.392. The van der Waals surface area contributed by atoms with E-state index in [1.165, 1.54) is 23.9 Å². The van der Waals surface area contributed by atoms with Gasteiger partial charge < -0.3 is 25.0 Å². The number of alkyl halides is 3. The molecule has 1 unspecified atom stereocenters. The summed E-state index contributed by atoms with van der Waals surface area (Å²) in [6.07, 6.45) is 1.06. The highest BCUT2D eigenvalue weighted by Crippen LogP contribution is 2.39. The van der Waals surface area contributed by atoms with E-state index in [1.807, 2.05) is 83.6 Å². The van der Waals surface area contributed by atoms with Gasteiger partial charge >= 0.3 is 5.51 Å². The Morgan fingerprint density at radius 3 is 2.23 bits per heavy atom. The molecule has 2 heterocycles. The van der Waals surface area contributed by atoms with Crippen molar-refractivity contribution in [2.24, 2.45) is 5.92 Å². The van der Waals surface area contributed by atoms with E-state index in [4.69, 9.17) is 16.3 Å². The number of carbonyl (C=O) groups excluding carboxylic acids is 1. The minimum atomic E-state index is -6.10. The highest BCUT2D eigenvalue weighted by atomic mass is 35.5. The number of piperidine rings is 1. The van der Waals surface area contributed by atoms with Crippen molar-refractivity contribution in [1.29, 1.82) is 0 Å². The lowest BCUT2D eigenvalue weighted by Crippen LogP contribution is -2.52. The summed E-state index contributed by atoms with van der Waals surface area (Å²) in [4.78, 5) is 18.9. The topological polar surface area (TPSA) is 149 Å². The van der Waals surface area contributed by atoms with Crippen LogP contribution in [-0.2, 0) is 24.6 Å². The van der Waals surface area contributed by atoms with Crippen LogP contribution in [0.5, 0.6) is 0 Å². The Labute approximate surface area is 418 Å². The summed E-state index contributed by atoms with van der Waals surface area (Å²) in [6.45, 7) is 10.1. The lowest BCUT2D eigenvalue weighted by atomic mass is 9.84. The van der Waals surface area contributed by atoms with Crippen molar-refractivity contribution in [2.75, 3.05) is 75.0 Å². The van der Waals surface area contributed by atoms with E-state index >= 15 is 0 Å². The zero-order chi connectivity index (χ0) is 50.1. The molecule has 2 aliphatic heterocycles. The maximum atomic E-state index is 14.4. The Hall–Kier alpha value is -4.66. The van der Waals surface area contributed by atoms with Gasteiger partial charge in [-0.15, -0.1) is 11.8 Å². The number of morpholine rings is 1. The maximum absolute atomic E-state index is 14.4. The van der Waals surface area contributed by atoms with Gasteiger partial charge in [-0.05, 0) is 122 Å². The molecule has 0 spiro atoms. The number of nitrogens with zero attached hydrogens (tertiary/aromatic N) is 3. The first-order valence-corrected chi connectivity index (χ1v) is 27.7. The first-order chi connectivity index (χ1) is 33.5. The van der Waals surface area contributed by atoms with E-state index in [9.17, 15) is 39.9 Å². The van der Waals surface area contributed by atoms with Crippen LogP contribution in [0.4, 0.5) is 24.5 Å². The van der Waals surface area contributed by atoms with E-state index in [-0.39, 0.29) is 17.5 Å². The number of halogens is 4. The lowest BCUT2D eigenvalue weighted by Gasteiger charge is -2.39. The van der Waals surface area contributed by atoms with Gasteiger partial charge in [0, 0.05) is 71.7 Å². The normalized spacial score (nSPS) is 17.3. The SMILES string of the molecule is CCN(CC)C[C@@H]1COCCN1CC[C@H](CSc1ccccc1)Nc1ccc(S(=O)(=O)NC(=O)c2ccc(N3CCC(C(O)c4ccccc4-c4ccc(Cl)cc4)CC3)cc2)cc1S(=O)(=O)C(F)(F)F. The number of hydrogen-bond donors (Lipinski definition) is 3. The fourth-order valence-electron chi connectivity index (χ4n) is 8.96. The quantitative estimate of drug-likeness (QED) is 0.0638. The molecule has 19 heteroatoms. The monoisotopic (exact) mass is 1040 g/mol. The van der Waals surface area contributed by atoms with Crippen LogP contribution < -0.4 is 14.9 Å². The maximum Gasteiger partial charge on any atom is 0.501 e. The molecular formula is C51H59ClF3N5O7S3. The number of anilines is 2. The van der Waals surface area contributed by atoms with E-state index < -0.39 is 58.9 Å². The summed E-state index contributed by atoms with van der Waals surface area (Å²) in [5.41, 5.74) is -2.75. The van der Waals surface area contributed by atoms with Crippen molar-refractivity contribution in [2.45, 2.75) is 71.5 Å². The first kappa shape index (κ1) is 53.1. The molecule has 0 aliphatic carbocycles. The molecule has 2 saturated heterocycles. The Morgan fingerprint density at radius 1 is 0.886 bits per heavy atom. The highest BCUT2D eigenvalue weighted by molar-refractivity contribution is 7.99. The number of rotatable bonds is 20. The van der Waals surface area contributed by atoms with Gasteiger partial charge in [-0.25, -0.2) is 21.6 Å². The second kappa shape index (κ2) is 23.7. The van der Waals surface area contributed by atoms with E-state index in [0.717, 1.165) is 59.0 Å². The molecule has 1 amide bonds. The van der Waals surface area contributed by atoms with Crippen LogP contribution in [-0.4, -0.2) is 120 Å². The second-order valence-electron chi connectivity index (χ2n) is 17.5. The van der Waals surface area contributed by atoms with Crippen molar-refractivity contribution in [3.63, 3.8) is 0 Å². The molecule has 0 radical (unpaired) electrons. The Morgan fingerprint density at radius 2 is 1.56 bits per heavy atom. The van der Waals surface area contributed by atoms with Crippen LogP contribution in [0.1, 0.15) is 55.1 Å². The Balaban J connectivity index is 1.04. The molecule has 3 N–H and O–H groups in total. The molecule has 5 aromatic carbocycles. The van der Waals surface area contributed by atoms with Crippen LogP contribution in [0.2, 0.25) is 5.02 Å². The number of nitrogens with one attached hydrogen (secondary N) is 2. The molecule has 0 bridgehead atoms. The number of thioether (sulfide) groups is 1. The Bertz CT molecular complexity index is 2750. The smallest absolute Gasteiger partial charge is 0.388 e. The second-order valence-corrected chi connectivity index (χ2v) is 22.6. The van der Waals surface area contributed by atoms with Crippen molar-refractivity contribution in [3.05, 3.63) is 137 Å². The molecule has 7 rings (SSSR count). The minimum Gasteiger partial charge on any atom is -0.388 e. The number of aliphatic hydroxyl groups excluding tert-OH is 1. The zero-order valence-corrected chi connectivity index (χ0v) is 42.2. The van der Waals surface area contributed by atoms with Crippen molar-refractivity contribution < 1.29 is 44.6 Å². The standard InChI is InChI=1S/C51H59ClF3N5O7S3/c1-3-58(4-2)33-42-34-67-31-30-60(42)29-26-40(35-68-43-10-6-5-7-11-43)56-47-23-22-44(32-48(47)69(63,64)51(53,54)55)70(65,66)57-50(62)38-16-20-41(21-17-38)59-27-24-37(25-28-59)49(61)46-13-9-8-12-45(46)36-14-18-39(52)19-15-36/h5-23,32,37,40,42,49,56,61H,3-4,24-31,33-35H2,1-2H3,(H,57,62)/t40-,42-,49?/m1/s1. The van der Waals surface area contributed by atoms with Crippen molar-refractivity contribution >= 4 is 60.5 Å². The number of aliphatic hydroxyl groups is 1. The van der Waals surface area contributed by atoms with Gasteiger partial charge in [-0.1, -0.05) is 80.0 Å². The minimum absolute atomic E-state index is 0.0207. The van der Waals surface area contributed by atoms with Gasteiger partial charge in [0.2, 0.25) is 0 Å². The number of ether oxygens (including phenoxy) is 1. The van der Waals surface area contributed by atoms with Crippen LogP contribution in [0.25, 0.3) is 11.1 Å². The van der Waals surface area contributed by atoms with Gasteiger partial charge in [-0.2, -0.15) is 13.2 Å². The number of carbonyl (C=O) groups is 1. The summed E-state index contributed by atoms with van der Waals surface area (Å²) >= 11 is 7.56.